The van der Waals surface area contributed by atoms with Crippen molar-refractivity contribution in [3.05, 3.63) is 18.0 Å². The van der Waals surface area contributed by atoms with Gasteiger partial charge in [-0.05, 0) is 6.42 Å². The molecule has 2 unspecified atom stereocenters. The van der Waals surface area contributed by atoms with Crippen LogP contribution >= 0.6 is 0 Å². The highest BCUT2D eigenvalue weighted by Gasteiger charge is 2.20. The van der Waals surface area contributed by atoms with Gasteiger partial charge in [0.25, 0.3) is 0 Å². The summed E-state index contributed by atoms with van der Waals surface area (Å²) in [6.07, 6.45) is 5.21. The molecule has 0 aliphatic carbocycles. The van der Waals surface area contributed by atoms with E-state index < -0.39 is 6.04 Å². The lowest BCUT2D eigenvalue weighted by molar-refractivity contribution is -0.123. The number of nitrogens with zero attached hydrogens (tertiary/aromatic N) is 2. The Morgan fingerprint density at radius 2 is 2.39 bits per heavy atom. The van der Waals surface area contributed by atoms with Gasteiger partial charge >= 0.3 is 0 Å². The fourth-order valence-corrected chi connectivity index (χ4v) is 1.79. The number of nitrogens with two attached hydrogens (primary N) is 1. The molecule has 1 aromatic rings. The molecule has 6 nitrogen and oxygen atoms in total. The first-order chi connectivity index (χ1) is 8.58. The van der Waals surface area contributed by atoms with Crippen LogP contribution < -0.4 is 11.1 Å². The molecule has 1 heterocycles. The molecule has 0 saturated heterocycles. The summed E-state index contributed by atoms with van der Waals surface area (Å²) in [5.41, 5.74) is 6.60. The maximum atomic E-state index is 12.0. The molecule has 0 fully saturated rings. The minimum absolute atomic E-state index is 0.00946. The van der Waals surface area contributed by atoms with E-state index in [9.17, 15) is 4.79 Å². The summed E-state index contributed by atoms with van der Waals surface area (Å²) < 4.78 is 6.70. The number of hydrogen-bond acceptors (Lipinski definition) is 4. The Balaban J connectivity index is 2.57. The molecule has 0 aliphatic rings. The highest BCUT2D eigenvalue weighted by atomic mass is 16.5. The third-order valence-corrected chi connectivity index (χ3v) is 2.72. The smallest absolute Gasteiger partial charge is 0.241 e. The number of ether oxygens (including phenoxy) is 1. The highest BCUT2D eigenvalue weighted by molar-refractivity contribution is 5.83. The number of carbonyl (C=O) groups is 1. The molecule has 102 valence electrons. The Morgan fingerprint density at radius 3 is 2.89 bits per heavy atom. The minimum Gasteiger partial charge on any atom is -0.383 e. The fourth-order valence-electron chi connectivity index (χ4n) is 1.79. The van der Waals surface area contributed by atoms with Crippen LogP contribution in [0.5, 0.6) is 0 Å². The lowest BCUT2D eigenvalue weighted by Gasteiger charge is -2.19. The van der Waals surface area contributed by atoms with Crippen molar-refractivity contribution in [3.8, 4) is 0 Å². The van der Waals surface area contributed by atoms with E-state index in [-0.39, 0.29) is 11.9 Å². The van der Waals surface area contributed by atoms with Crippen molar-refractivity contribution in [1.29, 1.82) is 0 Å². The summed E-state index contributed by atoms with van der Waals surface area (Å²) in [5.74, 6) is -0.196. The first-order valence-electron chi connectivity index (χ1n) is 6.11. The van der Waals surface area contributed by atoms with Crippen molar-refractivity contribution >= 4 is 5.91 Å². The van der Waals surface area contributed by atoms with Crippen LogP contribution in [0.4, 0.5) is 0 Å². The zero-order chi connectivity index (χ0) is 13.5. The van der Waals surface area contributed by atoms with Crippen molar-refractivity contribution in [2.45, 2.75) is 31.8 Å². The van der Waals surface area contributed by atoms with Crippen LogP contribution in [0.15, 0.2) is 12.4 Å². The number of aromatic nitrogens is 2. The zero-order valence-corrected chi connectivity index (χ0v) is 11.2. The molecular weight excluding hydrogens is 232 g/mol. The lowest BCUT2D eigenvalue weighted by Crippen LogP contribution is -2.42. The van der Waals surface area contributed by atoms with E-state index in [1.807, 2.05) is 0 Å². The van der Waals surface area contributed by atoms with E-state index in [4.69, 9.17) is 10.5 Å². The molecule has 6 heteroatoms. The Hall–Kier alpha value is -1.40. The summed E-state index contributed by atoms with van der Waals surface area (Å²) in [6.45, 7) is 2.56. The van der Waals surface area contributed by atoms with Crippen molar-refractivity contribution < 1.29 is 9.53 Å². The van der Waals surface area contributed by atoms with Gasteiger partial charge in [-0.3, -0.25) is 9.48 Å². The zero-order valence-electron chi connectivity index (χ0n) is 11.2. The van der Waals surface area contributed by atoms with Crippen molar-refractivity contribution in [1.82, 2.24) is 15.1 Å². The second-order valence-electron chi connectivity index (χ2n) is 4.37. The van der Waals surface area contributed by atoms with Crippen LogP contribution in [0.3, 0.4) is 0 Å². The average Bonchev–Trinajstić information content (AvgIpc) is 2.75. The topological polar surface area (TPSA) is 82.2 Å². The summed E-state index contributed by atoms with van der Waals surface area (Å²) in [7, 11) is 3.41. The standard InChI is InChI=1S/C12H22N4O2/c1-4-5-10(8-18-3)15-12(17)11(13)9-6-14-16(2)7-9/h6-7,10-11H,4-5,8,13H2,1-3H3,(H,15,17). The number of aryl methyl sites for hydroxylation is 1. The normalized spacial score (nSPS) is 14.2. The molecular formula is C12H22N4O2. The minimum atomic E-state index is -0.685. The Bertz CT molecular complexity index is 372. The van der Waals surface area contributed by atoms with Crippen molar-refractivity contribution in [3.63, 3.8) is 0 Å². The van der Waals surface area contributed by atoms with Gasteiger partial charge in [-0.1, -0.05) is 13.3 Å². The molecule has 18 heavy (non-hydrogen) atoms. The SMILES string of the molecule is CCCC(COC)NC(=O)C(N)c1cnn(C)c1. The number of methoxy groups -OCH3 is 1. The van der Waals surface area contributed by atoms with Gasteiger partial charge in [0.2, 0.25) is 5.91 Å². The monoisotopic (exact) mass is 254 g/mol. The summed E-state index contributed by atoms with van der Waals surface area (Å²) in [4.78, 5) is 12.0. The molecule has 0 spiro atoms. The molecule has 0 saturated carbocycles. The van der Waals surface area contributed by atoms with Gasteiger partial charge in [0.15, 0.2) is 0 Å². The van der Waals surface area contributed by atoms with Gasteiger partial charge < -0.3 is 15.8 Å². The Kier molecular flexibility index (Phi) is 5.80. The van der Waals surface area contributed by atoms with Gasteiger partial charge in [-0.2, -0.15) is 5.10 Å². The number of hydrogen-bond donors (Lipinski definition) is 2. The van der Waals surface area contributed by atoms with E-state index in [2.05, 4.69) is 17.3 Å². The number of rotatable bonds is 7. The van der Waals surface area contributed by atoms with Crippen LogP contribution in [0.2, 0.25) is 0 Å². The fraction of sp³-hybridized carbons (Fsp3) is 0.667. The van der Waals surface area contributed by atoms with Gasteiger partial charge in [0.1, 0.15) is 6.04 Å². The molecule has 0 bridgehead atoms. The first-order valence-corrected chi connectivity index (χ1v) is 6.11. The van der Waals surface area contributed by atoms with E-state index in [1.165, 1.54) is 0 Å². The Labute approximate surface area is 107 Å². The quantitative estimate of drug-likeness (QED) is 0.735. The van der Waals surface area contributed by atoms with Gasteiger partial charge in [0, 0.05) is 25.9 Å². The molecule has 3 N–H and O–H groups in total. The largest absolute Gasteiger partial charge is 0.383 e. The average molecular weight is 254 g/mol. The predicted octanol–water partition coefficient (Wildman–Crippen LogP) is 0.351. The maximum Gasteiger partial charge on any atom is 0.241 e. The van der Waals surface area contributed by atoms with Crippen LogP contribution in [0, 0.1) is 0 Å². The molecule has 1 aromatic heterocycles. The van der Waals surface area contributed by atoms with Crippen LogP contribution in [0.25, 0.3) is 0 Å². The molecule has 2 atom stereocenters. The third-order valence-electron chi connectivity index (χ3n) is 2.72. The van der Waals surface area contributed by atoms with E-state index >= 15 is 0 Å². The van der Waals surface area contributed by atoms with Crippen LogP contribution in [-0.4, -0.2) is 35.4 Å². The van der Waals surface area contributed by atoms with E-state index in [1.54, 1.807) is 31.2 Å². The molecule has 0 aliphatic heterocycles. The summed E-state index contributed by atoms with van der Waals surface area (Å²) >= 11 is 0. The maximum absolute atomic E-state index is 12.0. The second-order valence-corrected chi connectivity index (χ2v) is 4.37. The van der Waals surface area contributed by atoms with Gasteiger partial charge in [-0.25, -0.2) is 0 Å². The molecule has 0 aromatic carbocycles. The predicted molar refractivity (Wildman–Crippen MR) is 68.9 cm³/mol. The molecule has 0 radical (unpaired) electrons. The van der Waals surface area contributed by atoms with E-state index in [0.717, 1.165) is 12.8 Å². The third kappa shape index (κ3) is 4.12. The Morgan fingerprint density at radius 1 is 1.67 bits per heavy atom. The number of amides is 1. The number of nitrogens with one attached hydrogen (secondary N) is 1. The highest BCUT2D eigenvalue weighted by Crippen LogP contribution is 2.09. The van der Waals surface area contributed by atoms with Crippen molar-refractivity contribution in [2.75, 3.05) is 13.7 Å². The van der Waals surface area contributed by atoms with E-state index in [0.29, 0.717) is 12.2 Å². The van der Waals surface area contributed by atoms with Crippen LogP contribution in [0.1, 0.15) is 31.4 Å². The second kappa shape index (κ2) is 7.13. The summed E-state index contributed by atoms with van der Waals surface area (Å²) in [5, 5.41) is 6.90. The van der Waals surface area contributed by atoms with Crippen molar-refractivity contribution in [2.24, 2.45) is 12.8 Å². The van der Waals surface area contributed by atoms with Gasteiger partial charge in [0.05, 0.1) is 18.8 Å². The van der Waals surface area contributed by atoms with Crippen LogP contribution in [-0.2, 0) is 16.6 Å². The van der Waals surface area contributed by atoms with Gasteiger partial charge in [-0.15, -0.1) is 0 Å². The first kappa shape index (κ1) is 14.7. The number of carbonyl (C=O) groups excluding carboxylic acids is 1. The lowest BCUT2D eigenvalue weighted by atomic mass is 10.1. The molecule has 1 rings (SSSR count). The summed E-state index contributed by atoms with van der Waals surface area (Å²) in [6, 6.07) is -0.676. The molecule has 1 amide bonds.